The Morgan fingerprint density at radius 1 is 0.436 bits per heavy atom. The fourth-order valence-electron chi connectivity index (χ4n) is 4.77. The molecule has 0 heterocycles. The molecule has 4 heteroatoms. The second-order valence-electron chi connectivity index (χ2n) is 9.78. The predicted octanol–water partition coefficient (Wildman–Crippen LogP) is 7.29. The van der Waals surface area contributed by atoms with Crippen LogP contribution in [0.1, 0.15) is 28.7 Å². The van der Waals surface area contributed by atoms with Crippen molar-refractivity contribution in [3.63, 3.8) is 0 Å². The number of hydrogen-bond acceptors (Lipinski definition) is 4. The van der Waals surface area contributed by atoms with Crippen molar-refractivity contribution in [1.82, 2.24) is 0 Å². The second kappa shape index (κ2) is 14.6. The maximum atomic E-state index is 6.66. The van der Waals surface area contributed by atoms with Crippen LogP contribution in [0.25, 0.3) is 0 Å². The molecule has 200 valence electrons. The third-order valence-corrected chi connectivity index (χ3v) is 6.87. The van der Waals surface area contributed by atoms with Crippen LogP contribution in [0.4, 0.5) is 0 Å². The Morgan fingerprint density at radius 2 is 0.821 bits per heavy atom. The molecule has 0 aliphatic heterocycles. The molecule has 0 saturated heterocycles. The summed E-state index contributed by atoms with van der Waals surface area (Å²) in [5, 5.41) is 0. The first-order valence-electron chi connectivity index (χ1n) is 13.6. The van der Waals surface area contributed by atoms with Crippen molar-refractivity contribution in [3.8, 4) is 0 Å². The smallest absolute Gasteiger partial charge is 0.116 e. The molecular formula is C35H36O4. The highest BCUT2D eigenvalue weighted by Crippen LogP contribution is 2.28. The van der Waals surface area contributed by atoms with E-state index in [1.165, 1.54) is 0 Å². The van der Waals surface area contributed by atoms with Crippen molar-refractivity contribution in [1.29, 1.82) is 0 Å². The van der Waals surface area contributed by atoms with Gasteiger partial charge in [0.05, 0.1) is 32.5 Å². The molecule has 0 saturated carbocycles. The number of hydrogen-bond donors (Lipinski definition) is 0. The number of benzene rings is 4. The average molecular weight is 521 g/mol. The fourth-order valence-corrected chi connectivity index (χ4v) is 4.77. The van der Waals surface area contributed by atoms with Gasteiger partial charge in [-0.25, -0.2) is 0 Å². The van der Waals surface area contributed by atoms with E-state index in [9.17, 15) is 0 Å². The summed E-state index contributed by atoms with van der Waals surface area (Å²) in [5.74, 6) is 0. The molecule has 4 nitrogen and oxygen atoms in total. The predicted molar refractivity (Wildman–Crippen MR) is 154 cm³/mol. The molecule has 0 radical (unpaired) electrons. The zero-order chi connectivity index (χ0) is 26.5. The average Bonchev–Trinajstić information content (AvgIpc) is 3.17. The van der Waals surface area contributed by atoms with E-state index < -0.39 is 0 Å². The van der Waals surface area contributed by atoms with Gasteiger partial charge >= 0.3 is 0 Å². The van der Waals surface area contributed by atoms with E-state index in [-0.39, 0.29) is 24.4 Å². The van der Waals surface area contributed by atoms with Gasteiger partial charge in [0.2, 0.25) is 0 Å². The molecule has 0 amide bonds. The Balaban J connectivity index is 1.39. The molecule has 39 heavy (non-hydrogen) atoms. The van der Waals surface area contributed by atoms with Crippen LogP contribution in [0.15, 0.2) is 133 Å². The first kappa shape index (κ1) is 27.0. The van der Waals surface area contributed by atoms with E-state index in [1.54, 1.807) is 0 Å². The summed E-state index contributed by atoms with van der Waals surface area (Å²) in [5.41, 5.74) is 4.47. The quantitative estimate of drug-likeness (QED) is 0.184. The maximum absolute atomic E-state index is 6.66. The molecule has 0 spiro atoms. The monoisotopic (exact) mass is 520 g/mol. The van der Waals surface area contributed by atoms with Gasteiger partial charge in [0.25, 0.3) is 0 Å². The summed E-state index contributed by atoms with van der Waals surface area (Å²) in [6.45, 7) is 1.92. The maximum Gasteiger partial charge on any atom is 0.116 e. The molecule has 0 N–H and O–H groups in total. The Labute approximate surface area is 231 Å². The van der Waals surface area contributed by atoms with Gasteiger partial charge in [-0.1, -0.05) is 133 Å². The van der Waals surface area contributed by atoms with Gasteiger partial charge in [0.15, 0.2) is 0 Å². The van der Waals surface area contributed by atoms with Gasteiger partial charge in [-0.2, -0.15) is 0 Å². The van der Waals surface area contributed by atoms with Crippen LogP contribution < -0.4 is 0 Å². The standard InChI is InChI=1S/C35H36O4/c1-5-14-28(15-6-1)24-36-32-22-13-23-33(37-25-29-16-7-2-8-17-29)35(39-27-31-20-11-4-12-21-31)34(32)38-26-30-18-9-3-10-19-30/h1-22,32-35H,23-27H2/t32-,33-,34-,35-/m0/s1. The van der Waals surface area contributed by atoms with E-state index in [0.29, 0.717) is 32.8 Å². The minimum Gasteiger partial charge on any atom is -0.370 e. The van der Waals surface area contributed by atoms with Crippen molar-refractivity contribution < 1.29 is 18.9 Å². The lowest BCUT2D eigenvalue weighted by molar-refractivity contribution is -0.178. The largest absolute Gasteiger partial charge is 0.370 e. The third-order valence-electron chi connectivity index (χ3n) is 6.87. The fraction of sp³-hybridized carbons (Fsp3) is 0.257. The Morgan fingerprint density at radius 3 is 1.28 bits per heavy atom. The van der Waals surface area contributed by atoms with Gasteiger partial charge in [-0.3, -0.25) is 0 Å². The Kier molecular flexibility index (Phi) is 10.1. The molecule has 5 rings (SSSR count). The highest BCUT2D eigenvalue weighted by molar-refractivity contribution is 5.17. The van der Waals surface area contributed by atoms with Crippen molar-refractivity contribution in [2.45, 2.75) is 57.3 Å². The van der Waals surface area contributed by atoms with Crippen LogP contribution in [0, 0.1) is 0 Å². The van der Waals surface area contributed by atoms with Crippen molar-refractivity contribution in [3.05, 3.63) is 156 Å². The highest BCUT2D eigenvalue weighted by Gasteiger charge is 2.39. The van der Waals surface area contributed by atoms with Gasteiger partial charge in [0, 0.05) is 0 Å². The summed E-state index contributed by atoms with van der Waals surface area (Å²) in [4.78, 5) is 0. The molecular weight excluding hydrogens is 484 g/mol. The number of ether oxygens (including phenoxy) is 4. The molecule has 0 aromatic heterocycles. The summed E-state index contributed by atoms with van der Waals surface area (Å²) >= 11 is 0. The molecule has 4 atom stereocenters. The van der Waals surface area contributed by atoms with Crippen molar-refractivity contribution in [2.24, 2.45) is 0 Å². The molecule has 4 aromatic rings. The molecule has 0 bridgehead atoms. The van der Waals surface area contributed by atoms with E-state index in [0.717, 1.165) is 22.3 Å². The topological polar surface area (TPSA) is 36.9 Å². The van der Waals surface area contributed by atoms with Crippen LogP contribution in [0.5, 0.6) is 0 Å². The van der Waals surface area contributed by atoms with Crippen molar-refractivity contribution in [2.75, 3.05) is 0 Å². The van der Waals surface area contributed by atoms with Gasteiger partial charge < -0.3 is 18.9 Å². The Bertz CT molecular complexity index is 1250. The van der Waals surface area contributed by atoms with E-state index >= 15 is 0 Å². The summed E-state index contributed by atoms with van der Waals surface area (Å²) in [6.07, 6.45) is 3.78. The van der Waals surface area contributed by atoms with Gasteiger partial charge in [0.1, 0.15) is 18.3 Å². The summed E-state index contributed by atoms with van der Waals surface area (Å²) in [7, 11) is 0. The highest BCUT2D eigenvalue weighted by atomic mass is 16.6. The molecule has 4 aromatic carbocycles. The first-order valence-corrected chi connectivity index (χ1v) is 13.6. The molecule has 1 aliphatic carbocycles. The van der Waals surface area contributed by atoms with Crippen molar-refractivity contribution >= 4 is 0 Å². The SMILES string of the molecule is C1=C[C@H](OCc2ccccc2)[C@H](OCc2ccccc2)[C@@H](OCc2ccccc2)[C@@H](OCc2ccccc2)C1. The lowest BCUT2D eigenvalue weighted by Crippen LogP contribution is -2.47. The third kappa shape index (κ3) is 8.22. The molecule has 0 unspecified atom stereocenters. The van der Waals surface area contributed by atoms with Crippen LogP contribution in [-0.2, 0) is 45.4 Å². The number of rotatable bonds is 12. The lowest BCUT2D eigenvalue weighted by Gasteiger charge is -2.35. The molecule has 1 aliphatic rings. The van der Waals surface area contributed by atoms with Crippen LogP contribution in [0.2, 0.25) is 0 Å². The minimum absolute atomic E-state index is 0.198. The first-order chi connectivity index (χ1) is 19.3. The van der Waals surface area contributed by atoms with E-state index in [4.69, 9.17) is 18.9 Å². The zero-order valence-corrected chi connectivity index (χ0v) is 22.2. The van der Waals surface area contributed by atoms with Crippen LogP contribution >= 0.6 is 0 Å². The second-order valence-corrected chi connectivity index (χ2v) is 9.78. The lowest BCUT2D eigenvalue weighted by atomic mass is 10.0. The molecule has 0 fully saturated rings. The normalized spacial score (nSPS) is 20.9. The van der Waals surface area contributed by atoms with E-state index in [2.05, 4.69) is 60.7 Å². The Hall–Kier alpha value is -3.54. The minimum atomic E-state index is -0.364. The summed E-state index contributed by atoms with van der Waals surface area (Å²) in [6, 6.07) is 41.0. The van der Waals surface area contributed by atoms with E-state index in [1.807, 2.05) is 72.8 Å². The van der Waals surface area contributed by atoms with Crippen LogP contribution in [0.3, 0.4) is 0 Å². The van der Waals surface area contributed by atoms with Crippen LogP contribution in [-0.4, -0.2) is 24.4 Å². The van der Waals surface area contributed by atoms with Gasteiger partial charge in [-0.15, -0.1) is 0 Å². The zero-order valence-electron chi connectivity index (χ0n) is 22.2. The summed E-state index contributed by atoms with van der Waals surface area (Å²) < 4.78 is 26.3. The van der Waals surface area contributed by atoms with Gasteiger partial charge in [-0.05, 0) is 28.7 Å².